The van der Waals surface area contributed by atoms with Gasteiger partial charge in [-0.25, -0.2) is 4.98 Å². The Labute approximate surface area is 113 Å². The standard InChI is InChI=1S/C14H22N4O/c1-15-8-10-7-13(19)17-14(16-10)9-5-11-3-4-12(6-9)18(11)2/h7,9,11-12,15H,3-6,8H2,1-2H3,(H,16,17,19). The first-order valence-corrected chi connectivity index (χ1v) is 7.14. The van der Waals surface area contributed by atoms with E-state index in [-0.39, 0.29) is 5.56 Å². The van der Waals surface area contributed by atoms with Gasteiger partial charge in [0.25, 0.3) is 5.56 Å². The van der Waals surface area contributed by atoms with Crippen LogP contribution in [0.3, 0.4) is 0 Å². The Kier molecular flexibility index (Phi) is 3.41. The summed E-state index contributed by atoms with van der Waals surface area (Å²) < 4.78 is 0. The lowest BCUT2D eigenvalue weighted by atomic mass is 9.90. The SMILES string of the molecule is CNCc1cc(=O)[nH]c(C2CC3CCC(C2)N3C)n1. The molecule has 5 heteroatoms. The highest BCUT2D eigenvalue weighted by molar-refractivity contribution is 5.10. The first kappa shape index (κ1) is 12.8. The summed E-state index contributed by atoms with van der Waals surface area (Å²) in [5.74, 6) is 1.31. The van der Waals surface area contributed by atoms with Crippen LogP contribution in [0, 0.1) is 0 Å². The highest BCUT2D eigenvalue weighted by atomic mass is 16.1. The molecule has 2 fully saturated rings. The Morgan fingerprint density at radius 1 is 1.42 bits per heavy atom. The summed E-state index contributed by atoms with van der Waals surface area (Å²) in [6, 6.07) is 2.92. The number of hydrogen-bond acceptors (Lipinski definition) is 4. The Hall–Kier alpha value is -1.20. The maximum Gasteiger partial charge on any atom is 0.251 e. The van der Waals surface area contributed by atoms with Gasteiger partial charge in [0, 0.05) is 30.6 Å². The van der Waals surface area contributed by atoms with Crippen molar-refractivity contribution in [3.63, 3.8) is 0 Å². The van der Waals surface area contributed by atoms with Gasteiger partial charge in [-0.2, -0.15) is 0 Å². The quantitative estimate of drug-likeness (QED) is 0.847. The molecule has 0 amide bonds. The van der Waals surface area contributed by atoms with Crippen LogP contribution in [0.1, 0.15) is 43.1 Å². The Bertz CT molecular complexity index is 498. The number of hydrogen-bond donors (Lipinski definition) is 2. The summed E-state index contributed by atoms with van der Waals surface area (Å²) in [4.78, 5) is 21.8. The van der Waals surface area contributed by atoms with Crippen LogP contribution in [-0.4, -0.2) is 41.0 Å². The lowest BCUT2D eigenvalue weighted by molar-refractivity contribution is 0.158. The predicted octanol–water partition coefficient (Wildman–Crippen LogP) is 0.829. The molecule has 1 aromatic rings. The highest BCUT2D eigenvalue weighted by Gasteiger charge is 2.39. The minimum Gasteiger partial charge on any atom is -0.314 e. The third-order valence-corrected chi connectivity index (χ3v) is 4.66. The van der Waals surface area contributed by atoms with Crippen molar-refractivity contribution in [2.75, 3.05) is 14.1 Å². The topological polar surface area (TPSA) is 61.0 Å². The van der Waals surface area contributed by atoms with E-state index in [1.807, 2.05) is 7.05 Å². The molecule has 2 aliphatic heterocycles. The van der Waals surface area contributed by atoms with E-state index >= 15 is 0 Å². The van der Waals surface area contributed by atoms with Crippen LogP contribution in [0.5, 0.6) is 0 Å². The van der Waals surface area contributed by atoms with Crippen LogP contribution in [0.2, 0.25) is 0 Å². The summed E-state index contributed by atoms with van der Waals surface area (Å²) in [6.45, 7) is 0.649. The van der Waals surface area contributed by atoms with E-state index in [4.69, 9.17) is 0 Å². The summed E-state index contributed by atoms with van der Waals surface area (Å²) >= 11 is 0. The van der Waals surface area contributed by atoms with Crippen LogP contribution in [0.25, 0.3) is 0 Å². The van der Waals surface area contributed by atoms with Gasteiger partial charge in [-0.15, -0.1) is 0 Å². The van der Waals surface area contributed by atoms with E-state index in [9.17, 15) is 4.79 Å². The zero-order chi connectivity index (χ0) is 13.4. The summed E-state index contributed by atoms with van der Waals surface area (Å²) in [5, 5.41) is 3.05. The predicted molar refractivity (Wildman–Crippen MR) is 74.2 cm³/mol. The maximum absolute atomic E-state index is 11.7. The van der Waals surface area contributed by atoms with Gasteiger partial charge in [0.15, 0.2) is 0 Å². The van der Waals surface area contributed by atoms with Crippen LogP contribution in [-0.2, 0) is 6.54 Å². The average Bonchev–Trinajstić information content (AvgIpc) is 2.62. The Morgan fingerprint density at radius 2 is 2.11 bits per heavy atom. The van der Waals surface area contributed by atoms with Crippen molar-refractivity contribution in [3.05, 3.63) is 27.9 Å². The molecule has 104 valence electrons. The molecule has 2 N–H and O–H groups in total. The molecule has 0 aliphatic carbocycles. The van der Waals surface area contributed by atoms with Gasteiger partial charge in [0.1, 0.15) is 5.82 Å². The van der Waals surface area contributed by atoms with Crippen molar-refractivity contribution >= 4 is 0 Å². The number of H-pyrrole nitrogens is 1. The molecule has 0 radical (unpaired) electrons. The van der Waals surface area contributed by atoms with Crippen molar-refractivity contribution < 1.29 is 0 Å². The lowest BCUT2D eigenvalue weighted by Gasteiger charge is -2.35. The molecule has 2 bridgehead atoms. The molecule has 3 rings (SSSR count). The van der Waals surface area contributed by atoms with Crippen molar-refractivity contribution in [1.29, 1.82) is 0 Å². The fourth-order valence-corrected chi connectivity index (χ4v) is 3.63. The number of fused-ring (bicyclic) bond motifs is 2. The van der Waals surface area contributed by atoms with Gasteiger partial charge < -0.3 is 15.2 Å². The molecular weight excluding hydrogens is 240 g/mol. The molecule has 2 atom stereocenters. The monoisotopic (exact) mass is 262 g/mol. The zero-order valence-corrected chi connectivity index (χ0v) is 11.6. The largest absolute Gasteiger partial charge is 0.314 e. The van der Waals surface area contributed by atoms with E-state index in [1.165, 1.54) is 12.8 Å². The minimum atomic E-state index is -0.0264. The van der Waals surface area contributed by atoms with Gasteiger partial charge in [-0.3, -0.25) is 4.79 Å². The fraction of sp³-hybridized carbons (Fsp3) is 0.714. The van der Waals surface area contributed by atoms with Crippen molar-refractivity contribution in [2.45, 2.75) is 50.2 Å². The van der Waals surface area contributed by atoms with Crippen molar-refractivity contribution in [3.8, 4) is 0 Å². The number of nitrogens with one attached hydrogen (secondary N) is 2. The first-order chi connectivity index (χ1) is 9.17. The number of aromatic amines is 1. The molecule has 3 heterocycles. The van der Waals surface area contributed by atoms with Gasteiger partial charge in [0.2, 0.25) is 0 Å². The van der Waals surface area contributed by atoms with Gasteiger partial charge in [-0.05, 0) is 39.8 Å². The molecule has 5 nitrogen and oxygen atoms in total. The molecule has 0 saturated carbocycles. The van der Waals surface area contributed by atoms with Crippen molar-refractivity contribution in [2.24, 2.45) is 0 Å². The summed E-state index contributed by atoms with van der Waals surface area (Å²) in [6.07, 6.45) is 4.83. The second-order valence-electron chi connectivity index (χ2n) is 5.87. The summed E-state index contributed by atoms with van der Waals surface area (Å²) in [7, 11) is 4.10. The number of aromatic nitrogens is 2. The summed E-state index contributed by atoms with van der Waals surface area (Å²) in [5.41, 5.74) is 0.814. The molecule has 2 saturated heterocycles. The van der Waals surface area contributed by atoms with Gasteiger partial charge in [-0.1, -0.05) is 0 Å². The van der Waals surface area contributed by atoms with Crippen LogP contribution in [0.4, 0.5) is 0 Å². The van der Waals surface area contributed by atoms with E-state index in [1.54, 1.807) is 6.07 Å². The Balaban J connectivity index is 1.84. The third-order valence-electron chi connectivity index (χ3n) is 4.66. The lowest BCUT2D eigenvalue weighted by Crippen LogP contribution is -2.39. The van der Waals surface area contributed by atoms with E-state index in [0.29, 0.717) is 24.5 Å². The molecule has 0 spiro atoms. The number of rotatable bonds is 3. The molecule has 2 unspecified atom stereocenters. The van der Waals surface area contributed by atoms with E-state index in [0.717, 1.165) is 24.4 Å². The molecule has 2 aliphatic rings. The normalized spacial score (nSPS) is 30.7. The molecule has 19 heavy (non-hydrogen) atoms. The Morgan fingerprint density at radius 3 is 2.74 bits per heavy atom. The second kappa shape index (κ2) is 5.06. The minimum absolute atomic E-state index is 0.0264. The van der Waals surface area contributed by atoms with Gasteiger partial charge >= 0.3 is 0 Å². The molecule has 1 aromatic heterocycles. The smallest absolute Gasteiger partial charge is 0.251 e. The third kappa shape index (κ3) is 2.44. The fourth-order valence-electron chi connectivity index (χ4n) is 3.63. The second-order valence-corrected chi connectivity index (χ2v) is 5.87. The zero-order valence-electron chi connectivity index (χ0n) is 11.6. The maximum atomic E-state index is 11.7. The van der Waals surface area contributed by atoms with E-state index < -0.39 is 0 Å². The van der Waals surface area contributed by atoms with E-state index in [2.05, 4.69) is 27.2 Å². The van der Waals surface area contributed by atoms with Crippen LogP contribution in [0.15, 0.2) is 10.9 Å². The van der Waals surface area contributed by atoms with Crippen LogP contribution >= 0.6 is 0 Å². The average molecular weight is 262 g/mol. The molecular formula is C14H22N4O. The number of nitrogens with zero attached hydrogens (tertiary/aromatic N) is 2. The highest BCUT2D eigenvalue weighted by Crippen LogP contribution is 2.40. The van der Waals surface area contributed by atoms with Crippen molar-refractivity contribution in [1.82, 2.24) is 20.2 Å². The van der Waals surface area contributed by atoms with Gasteiger partial charge in [0.05, 0.1) is 5.69 Å². The first-order valence-electron chi connectivity index (χ1n) is 7.14. The van der Waals surface area contributed by atoms with Crippen LogP contribution < -0.4 is 10.9 Å². The molecule has 0 aromatic carbocycles. The number of piperidine rings is 1.